The van der Waals surface area contributed by atoms with E-state index in [-0.39, 0.29) is 0 Å². The van der Waals surface area contributed by atoms with Gasteiger partial charge in [0.25, 0.3) is 0 Å². The maximum atomic E-state index is 6.24. The summed E-state index contributed by atoms with van der Waals surface area (Å²) in [5, 5.41) is 7.19. The van der Waals surface area contributed by atoms with Crippen molar-refractivity contribution in [1.29, 1.82) is 0 Å². The van der Waals surface area contributed by atoms with Crippen LogP contribution in [-0.2, 0) is 6.42 Å². The summed E-state index contributed by atoms with van der Waals surface area (Å²) in [6, 6.07) is 3.92. The molecule has 22 heavy (non-hydrogen) atoms. The van der Waals surface area contributed by atoms with Crippen molar-refractivity contribution < 1.29 is 9.47 Å². The second-order valence-corrected chi connectivity index (χ2v) is 6.03. The molecular weight excluding hydrogens is 302 g/mol. The van der Waals surface area contributed by atoms with Gasteiger partial charge in [0.2, 0.25) is 0 Å². The molecule has 0 atom stereocenters. The molecule has 0 bridgehead atoms. The average molecular weight is 326 g/mol. The van der Waals surface area contributed by atoms with Gasteiger partial charge in [-0.15, -0.1) is 0 Å². The third-order valence-corrected chi connectivity index (χ3v) is 3.54. The fraction of sp³-hybridized carbons (Fsp3) is 0.562. The maximum absolute atomic E-state index is 6.24. The van der Waals surface area contributed by atoms with Gasteiger partial charge < -0.3 is 20.1 Å². The van der Waals surface area contributed by atoms with Crippen molar-refractivity contribution in [1.82, 2.24) is 10.6 Å². The van der Waals surface area contributed by atoms with Gasteiger partial charge in [-0.25, -0.2) is 0 Å². The van der Waals surface area contributed by atoms with Crippen molar-refractivity contribution in [3.63, 3.8) is 0 Å². The highest BCUT2D eigenvalue weighted by Gasteiger charge is 2.16. The molecule has 0 unspecified atom stereocenters. The molecule has 1 aliphatic rings. The number of guanidine groups is 1. The number of ether oxygens (including phenoxy) is 2. The number of hydrogen-bond donors (Lipinski definition) is 2. The summed E-state index contributed by atoms with van der Waals surface area (Å²) < 4.78 is 11.1. The van der Waals surface area contributed by atoms with Crippen LogP contribution in [0.3, 0.4) is 0 Å². The molecule has 0 saturated heterocycles. The minimum atomic E-state index is 0.547. The standard InChI is InChI=1S/C16H24ClN3O2/c1-11(2)10-20-16(18-3)19-5-4-12-8-13(17)15-14(9-12)21-6-7-22-15/h8-9,11H,4-7,10H2,1-3H3,(H2,18,19,20). The van der Waals surface area contributed by atoms with Gasteiger partial charge in [-0.3, -0.25) is 4.99 Å². The van der Waals surface area contributed by atoms with E-state index in [0.29, 0.717) is 29.9 Å². The Labute approximate surface area is 137 Å². The fourth-order valence-electron chi connectivity index (χ4n) is 2.16. The summed E-state index contributed by atoms with van der Waals surface area (Å²) in [4.78, 5) is 4.20. The van der Waals surface area contributed by atoms with Crippen molar-refractivity contribution in [3.8, 4) is 11.5 Å². The molecule has 0 amide bonds. The summed E-state index contributed by atoms with van der Waals surface area (Å²) in [7, 11) is 1.77. The van der Waals surface area contributed by atoms with Crippen LogP contribution in [0.25, 0.3) is 0 Å². The Morgan fingerprint density at radius 2 is 2.05 bits per heavy atom. The first-order valence-corrected chi connectivity index (χ1v) is 8.00. The molecule has 1 aromatic rings. The van der Waals surface area contributed by atoms with Crippen LogP contribution in [0.1, 0.15) is 19.4 Å². The van der Waals surface area contributed by atoms with E-state index >= 15 is 0 Å². The van der Waals surface area contributed by atoms with E-state index in [0.717, 1.165) is 36.8 Å². The number of fused-ring (bicyclic) bond motifs is 1. The van der Waals surface area contributed by atoms with Crippen LogP contribution in [0.4, 0.5) is 0 Å². The average Bonchev–Trinajstić information content (AvgIpc) is 2.50. The van der Waals surface area contributed by atoms with Gasteiger partial charge in [0.05, 0.1) is 5.02 Å². The quantitative estimate of drug-likeness (QED) is 0.645. The molecule has 0 saturated carbocycles. The zero-order chi connectivity index (χ0) is 15.9. The first-order valence-electron chi connectivity index (χ1n) is 7.62. The summed E-state index contributed by atoms with van der Waals surface area (Å²) in [5.74, 6) is 2.78. The summed E-state index contributed by atoms with van der Waals surface area (Å²) in [5.41, 5.74) is 1.11. The zero-order valence-electron chi connectivity index (χ0n) is 13.4. The van der Waals surface area contributed by atoms with E-state index in [2.05, 4.69) is 29.5 Å². The molecule has 0 aliphatic carbocycles. The molecule has 6 heteroatoms. The van der Waals surface area contributed by atoms with Gasteiger partial charge in [0.1, 0.15) is 13.2 Å². The third kappa shape index (κ3) is 4.70. The minimum Gasteiger partial charge on any atom is -0.486 e. The Kier molecular flexibility index (Phi) is 6.19. The van der Waals surface area contributed by atoms with Gasteiger partial charge in [-0.1, -0.05) is 25.4 Å². The fourth-order valence-corrected chi connectivity index (χ4v) is 2.44. The normalized spacial score (nSPS) is 14.1. The number of rotatable bonds is 5. The lowest BCUT2D eigenvalue weighted by atomic mass is 10.1. The molecular formula is C16H24ClN3O2. The van der Waals surface area contributed by atoms with Gasteiger partial charge in [-0.2, -0.15) is 0 Å². The van der Waals surface area contributed by atoms with Crippen molar-refractivity contribution in [2.75, 3.05) is 33.4 Å². The minimum absolute atomic E-state index is 0.547. The zero-order valence-corrected chi connectivity index (χ0v) is 14.2. The monoisotopic (exact) mass is 325 g/mol. The smallest absolute Gasteiger partial charge is 0.190 e. The topological polar surface area (TPSA) is 54.9 Å². The van der Waals surface area contributed by atoms with Crippen LogP contribution >= 0.6 is 11.6 Å². The number of benzene rings is 1. The van der Waals surface area contributed by atoms with Crippen molar-refractivity contribution in [3.05, 3.63) is 22.7 Å². The van der Waals surface area contributed by atoms with E-state index in [4.69, 9.17) is 21.1 Å². The van der Waals surface area contributed by atoms with Crippen molar-refractivity contribution in [2.45, 2.75) is 20.3 Å². The molecule has 1 aliphatic heterocycles. The number of nitrogens with zero attached hydrogens (tertiary/aromatic N) is 1. The number of aliphatic imine (C=N–C) groups is 1. The predicted octanol–water partition coefficient (Wildman–Crippen LogP) is 2.47. The van der Waals surface area contributed by atoms with E-state index in [9.17, 15) is 0 Å². The maximum Gasteiger partial charge on any atom is 0.190 e. The molecule has 2 N–H and O–H groups in total. The third-order valence-electron chi connectivity index (χ3n) is 3.26. The van der Waals surface area contributed by atoms with Crippen LogP contribution in [0.2, 0.25) is 5.02 Å². The van der Waals surface area contributed by atoms with Crippen LogP contribution in [0.5, 0.6) is 11.5 Å². The Bertz CT molecular complexity index is 532. The van der Waals surface area contributed by atoms with Gasteiger partial charge in [0, 0.05) is 20.1 Å². The van der Waals surface area contributed by atoms with Gasteiger partial charge in [0.15, 0.2) is 17.5 Å². The Morgan fingerprint density at radius 1 is 1.27 bits per heavy atom. The van der Waals surface area contributed by atoms with Crippen LogP contribution in [0, 0.1) is 5.92 Å². The molecule has 1 aromatic carbocycles. The number of nitrogens with one attached hydrogen (secondary N) is 2. The van der Waals surface area contributed by atoms with Gasteiger partial charge in [-0.05, 0) is 30.0 Å². The second kappa shape index (κ2) is 8.13. The van der Waals surface area contributed by atoms with Crippen molar-refractivity contribution >= 4 is 17.6 Å². The molecule has 0 spiro atoms. The molecule has 0 fully saturated rings. The van der Waals surface area contributed by atoms with Crippen molar-refractivity contribution in [2.24, 2.45) is 10.9 Å². The molecule has 0 aromatic heterocycles. The van der Waals surface area contributed by atoms with Crippen LogP contribution in [-0.4, -0.2) is 39.3 Å². The van der Waals surface area contributed by atoms with E-state index < -0.39 is 0 Å². The first kappa shape index (κ1) is 16.7. The molecule has 1 heterocycles. The molecule has 2 rings (SSSR count). The van der Waals surface area contributed by atoms with Crippen LogP contribution in [0.15, 0.2) is 17.1 Å². The lowest BCUT2D eigenvalue weighted by molar-refractivity contribution is 0.171. The van der Waals surface area contributed by atoms with E-state index in [1.807, 2.05) is 12.1 Å². The second-order valence-electron chi connectivity index (χ2n) is 5.63. The summed E-state index contributed by atoms with van der Waals surface area (Å²) >= 11 is 6.24. The predicted molar refractivity (Wildman–Crippen MR) is 90.3 cm³/mol. The molecule has 0 radical (unpaired) electrons. The Morgan fingerprint density at radius 3 is 2.77 bits per heavy atom. The van der Waals surface area contributed by atoms with Crippen LogP contribution < -0.4 is 20.1 Å². The molecule has 122 valence electrons. The summed E-state index contributed by atoms with van der Waals surface area (Å²) in [6.07, 6.45) is 0.832. The van der Waals surface area contributed by atoms with E-state index in [1.54, 1.807) is 7.05 Å². The number of halogens is 1. The SMILES string of the molecule is CN=C(NCCc1cc(Cl)c2c(c1)OCCO2)NCC(C)C. The molecule has 5 nitrogen and oxygen atoms in total. The Hall–Kier alpha value is -1.62. The highest BCUT2D eigenvalue weighted by molar-refractivity contribution is 6.32. The largest absolute Gasteiger partial charge is 0.486 e. The highest BCUT2D eigenvalue weighted by Crippen LogP contribution is 2.38. The Balaban J connectivity index is 1.88. The van der Waals surface area contributed by atoms with Gasteiger partial charge >= 0.3 is 0 Å². The lowest BCUT2D eigenvalue weighted by Crippen LogP contribution is -2.39. The lowest BCUT2D eigenvalue weighted by Gasteiger charge is -2.20. The van der Waals surface area contributed by atoms with E-state index in [1.165, 1.54) is 0 Å². The highest BCUT2D eigenvalue weighted by atomic mass is 35.5. The number of hydrogen-bond acceptors (Lipinski definition) is 3. The first-order chi connectivity index (χ1) is 10.6. The summed E-state index contributed by atoms with van der Waals surface area (Å²) in [6.45, 7) is 7.11.